The quantitative estimate of drug-likeness (QED) is 0.848. The first kappa shape index (κ1) is 12.5. The van der Waals surface area contributed by atoms with Crippen LogP contribution in [-0.2, 0) is 0 Å². The smallest absolute Gasteiger partial charge is 0.0482 e. The van der Waals surface area contributed by atoms with Crippen LogP contribution < -0.4 is 5.73 Å². The van der Waals surface area contributed by atoms with E-state index in [1.54, 1.807) is 0 Å². The third-order valence-electron chi connectivity index (χ3n) is 3.85. The summed E-state index contributed by atoms with van der Waals surface area (Å²) in [5.74, 6) is 0.866. The fourth-order valence-electron chi connectivity index (χ4n) is 2.87. The van der Waals surface area contributed by atoms with E-state index >= 15 is 0 Å². The molecule has 1 aliphatic rings. The van der Waals surface area contributed by atoms with Crippen molar-refractivity contribution in [3.05, 3.63) is 30.1 Å². The fraction of sp³-hybridized carbons (Fsp3) is 0.643. The van der Waals surface area contributed by atoms with Gasteiger partial charge >= 0.3 is 0 Å². The maximum absolute atomic E-state index is 5.91. The average molecular weight is 233 g/mol. The molecule has 94 valence electrons. The van der Waals surface area contributed by atoms with Gasteiger partial charge in [-0.25, -0.2) is 0 Å². The molecule has 0 aliphatic heterocycles. The Balaban J connectivity index is 1.97. The van der Waals surface area contributed by atoms with E-state index in [4.69, 9.17) is 5.73 Å². The van der Waals surface area contributed by atoms with Crippen molar-refractivity contribution in [2.24, 2.45) is 11.7 Å². The minimum atomic E-state index is 0.310. The van der Waals surface area contributed by atoms with E-state index < -0.39 is 0 Å². The molecule has 1 heterocycles. The van der Waals surface area contributed by atoms with E-state index in [-0.39, 0.29) is 0 Å². The summed E-state index contributed by atoms with van der Waals surface area (Å²) < 4.78 is 0. The average Bonchev–Trinajstić information content (AvgIpc) is 2.84. The standard InChI is InChI=1S/C14H23N3/c1-17(11-12-5-2-3-6-12)14(9-15)13-7-4-8-16-10-13/h4,7-8,10,12,14H,2-3,5-6,9,11,15H2,1H3. The van der Waals surface area contributed by atoms with E-state index in [0.29, 0.717) is 12.6 Å². The Morgan fingerprint density at radius 2 is 2.24 bits per heavy atom. The number of rotatable bonds is 5. The molecule has 0 amide bonds. The van der Waals surface area contributed by atoms with Gasteiger partial charge in [-0.1, -0.05) is 18.9 Å². The van der Waals surface area contributed by atoms with Crippen molar-refractivity contribution in [1.82, 2.24) is 9.88 Å². The molecule has 2 rings (SSSR count). The lowest BCUT2D eigenvalue weighted by molar-refractivity contribution is 0.212. The zero-order chi connectivity index (χ0) is 12.1. The SMILES string of the molecule is CN(CC1CCCC1)C(CN)c1cccnc1. The molecular weight excluding hydrogens is 210 g/mol. The predicted molar refractivity (Wildman–Crippen MR) is 70.6 cm³/mol. The second-order valence-corrected chi connectivity index (χ2v) is 5.13. The molecule has 1 fully saturated rings. The first-order chi connectivity index (χ1) is 8.31. The van der Waals surface area contributed by atoms with Gasteiger partial charge in [-0.05, 0) is 37.4 Å². The van der Waals surface area contributed by atoms with E-state index in [0.717, 1.165) is 12.5 Å². The summed E-state index contributed by atoms with van der Waals surface area (Å²) in [4.78, 5) is 6.58. The van der Waals surface area contributed by atoms with Gasteiger partial charge in [0.05, 0.1) is 0 Å². The Kier molecular flexibility index (Phi) is 4.51. The van der Waals surface area contributed by atoms with Crippen LogP contribution in [0.3, 0.4) is 0 Å². The van der Waals surface area contributed by atoms with Crippen LogP contribution in [0.2, 0.25) is 0 Å². The van der Waals surface area contributed by atoms with E-state index in [1.165, 1.54) is 31.2 Å². The lowest BCUT2D eigenvalue weighted by Crippen LogP contribution is -2.33. The van der Waals surface area contributed by atoms with E-state index in [1.807, 2.05) is 18.5 Å². The molecule has 0 saturated heterocycles. The second-order valence-electron chi connectivity index (χ2n) is 5.13. The van der Waals surface area contributed by atoms with Gasteiger partial charge in [0.2, 0.25) is 0 Å². The van der Waals surface area contributed by atoms with E-state index in [9.17, 15) is 0 Å². The van der Waals surface area contributed by atoms with Crippen molar-refractivity contribution >= 4 is 0 Å². The summed E-state index contributed by atoms with van der Waals surface area (Å²) in [5.41, 5.74) is 7.14. The Bertz CT molecular complexity index is 319. The highest BCUT2D eigenvalue weighted by Crippen LogP contribution is 2.27. The third-order valence-corrected chi connectivity index (χ3v) is 3.85. The molecule has 3 heteroatoms. The zero-order valence-corrected chi connectivity index (χ0v) is 10.7. The molecule has 1 aromatic rings. The Hall–Kier alpha value is -0.930. The third kappa shape index (κ3) is 3.27. The van der Waals surface area contributed by atoms with E-state index in [2.05, 4.69) is 23.0 Å². The van der Waals surface area contributed by atoms with Gasteiger partial charge in [-0.15, -0.1) is 0 Å². The van der Waals surface area contributed by atoms with Gasteiger partial charge in [-0.3, -0.25) is 9.88 Å². The minimum Gasteiger partial charge on any atom is -0.329 e. The van der Waals surface area contributed by atoms with Crippen LogP contribution in [0.1, 0.15) is 37.3 Å². The normalized spacial score (nSPS) is 18.8. The van der Waals surface area contributed by atoms with Crippen LogP contribution in [0.25, 0.3) is 0 Å². The molecule has 1 aliphatic carbocycles. The summed E-state index contributed by atoms with van der Waals surface area (Å²) in [6.45, 7) is 1.83. The lowest BCUT2D eigenvalue weighted by atomic mass is 10.0. The van der Waals surface area contributed by atoms with Crippen LogP contribution in [0.4, 0.5) is 0 Å². The maximum Gasteiger partial charge on any atom is 0.0482 e. The van der Waals surface area contributed by atoms with Crippen molar-refractivity contribution in [1.29, 1.82) is 0 Å². The Morgan fingerprint density at radius 1 is 1.47 bits per heavy atom. The summed E-state index contributed by atoms with van der Waals surface area (Å²) in [5, 5.41) is 0. The number of likely N-dealkylation sites (N-methyl/N-ethyl adjacent to an activating group) is 1. The zero-order valence-electron chi connectivity index (χ0n) is 10.7. The van der Waals surface area contributed by atoms with Gasteiger partial charge in [0.15, 0.2) is 0 Å². The number of hydrogen-bond acceptors (Lipinski definition) is 3. The molecule has 0 radical (unpaired) electrons. The molecule has 0 spiro atoms. The maximum atomic E-state index is 5.91. The molecule has 1 saturated carbocycles. The summed E-state index contributed by atoms with van der Waals surface area (Å²) in [7, 11) is 2.18. The number of nitrogens with zero attached hydrogens (tertiary/aromatic N) is 2. The first-order valence-electron chi connectivity index (χ1n) is 6.61. The summed E-state index contributed by atoms with van der Waals surface area (Å²) in [6.07, 6.45) is 9.32. The van der Waals surface area contributed by atoms with Crippen LogP contribution in [0.5, 0.6) is 0 Å². The monoisotopic (exact) mass is 233 g/mol. The molecule has 0 bridgehead atoms. The number of nitrogens with two attached hydrogens (primary N) is 1. The van der Waals surface area contributed by atoms with Crippen molar-refractivity contribution < 1.29 is 0 Å². The van der Waals surface area contributed by atoms with Gasteiger partial charge in [0.1, 0.15) is 0 Å². The number of hydrogen-bond donors (Lipinski definition) is 1. The topological polar surface area (TPSA) is 42.1 Å². The van der Waals surface area contributed by atoms with Crippen molar-refractivity contribution in [2.75, 3.05) is 20.1 Å². The second kappa shape index (κ2) is 6.12. The predicted octanol–water partition coefficient (Wildman–Crippen LogP) is 2.20. The fourth-order valence-corrected chi connectivity index (χ4v) is 2.87. The molecule has 2 N–H and O–H groups in total. The van der Waals surface area contributed by atoms with Gasteiger partial charge in [0.25, 0.3) is 0 Å². The van der Waals surface area contributed by atoms with Crippen LogP contribution in [0, 0.1) is 5.92 Å². The number of pyridine rings is 1. The molecule has 3 nitrogen and oxygen atoms in total. The minimum absolute atomic E-state index is 0.310. The molecule has 1 unspecified atom stereocenters. The Morgan fingerprint density at radius 3 is 2.82 bits per heavy atom. The van der Waals surface area contributed by atoms with Crippen molar-refractivity contribution in [3.63, 3.8) is 0 Å². The van der Waals surface area contributed by atoms with Gasteiger partial charge in [-0.2, -0.15) is 0 Å². The molecular formula is C14H23N3. The first-order valence-corrected chi connectivity index (χ1v) is 6.61. The van der Waals surface area contributed by atoms with Gasteiger partial charge < -0.3 is 5.73 Å². The summed E-state index contributed by atoms with van der Waals surface area (Å²) in [6, 6.07) is 4.42. The Labute approximate surface area is 104 Å². The highest BCUT2D eigenvalue weighted by Gasteiger charge is 2.21. The highest BCUT2D eigenvalue weighted by molar-refractivity contribution is 5.14. The number of aromatic nitrogens is 1. The summed E-state index contributed by atoms with van der Waals surface area (Å²) >= 11 is 0. The molecule has 0 aromatic carbocycles. The van der Waals surface area contributed by atoms with Crippen LogP contribution >= 0.6 is 0 Å². The van der Waals surface area contributed by atoms with Crippen molar-refractivity contribution in [2.45, 2.75) is 31.7 Å². The van der Waals surface area contributed by atoms with Gasteiger partial charge in [0, 0.05) is 31.5 Å². The lowest BCUT2D eigenvalue weighted by Gasteiger charge is -2.29. The largest absolute Gasteiger partial charge is 0.329 e. The van der Waals surface area contributed by atoms with Crippen LogP contribution in [0.15, 0.2) is 24.5 Å². The van der Waals surface area contributed by atoms with Crippen LogP contribution in [-0.4, -0.2) is 30.0 Å². The highest BCUT2D eigenvalue weighted by atomic mass is 15.1. The molecule has 1 aromatic heterocycles. The molecule has 1 atom stereocenters. The molecule has 17 heavy (non-hydrogen) atoms. The van der Waals surface area contributed by atoms with Crippen molar-refractivity contribution in [3.8, 4) is 0 Å².